The quantitative estimate of drug-likeness (QED) is 0.622. The monoisotopic (exact) mass is 194 g/mol. The number of methoxy groups -OCH3 is 1. The summed E-state index contributed by atoms with van der Waals surface area (Å²) in [7, 11) is 1.81. The van der Waals surface area contributed by atoms with Gasteiger partial charge in [-0.05, 0) is 26.2 Å². The largest absolute Gasteiger partial charge is 0.380 e. The van der Waals surface area contributed by atoms with Crippen molar-refractivity contribution >= 4 is 0 Å². The Morgan fingerprint density at radius 2 is 2.29 bits per heavy atom. The number of rotatable bonds is 4. The second-order valence-corrected chi connectivity index (χ2v) is 4.36. The average molecular weight is 194 g/mol. The summed E-state index contributed by atoms with van der Waals surface area (Å²) in [6.45, 7) is 8.31. The SMILES string of the molecule is C=C(C)C(C)C(OC)C1C=CCCC1. The molecule has 80 valence electrons. The van der Waals surface area contributed by atoms with Gasteiger partial charge >= 0.3 is 0 Å². The topological polar surface area (TPSA) is 9.23 Å². The summed E-state index contributed by atoms with van der Waals surface area (Å²) in [5, 5.41) is 0. The molecule has 0 fully saturated rings. The van der Waals surface area contributed by atoms with Gasteiger partial charge < -0.3 is 4.74 Å². The van der Waals surface area contributed by atoms with Gasteiger partial charge in [0.1, 0.15) is 0 Å². The summed E-state index contributed by atoms with van der Waals surface area (Å²) in [6.07, 6.45) is 8.69. The maximum absolute atomic E-state index is 5.60. The van der Waals surface area contributed by atoms with E-state index in [1.54, 1.807) is 0 Å². The smallest absolute Gasteiger partial charge is 0.0696 e. The van der Waals surface area contributed by atoms with Crippen molar-refractivity contribution in [3.8, 4) is 0 Å². The molecule has 0 saturated heterocycles. The fourth-order valence-electron chi connectivity index (χ4n) is 2.14. The summed E-state index contributed by atoms with van der Waals surface area (Å²) in [5.74, 6) is 1.04. The Morgan fingerprint density at radius 3 is 2.71 bits per heavy atom. The van der Waals surface area contributed by atoms with Gasteiger partial charge in [0.15, 0.2) is 0 Å². The van der Waals surface area contributed by atoms with Gasteiger partial charge in [-0.3, -0.25) is 0 Å². The van der Waals surface area contributed by atoms with Crippen LogP contribution in [0.25, 0.3) is 0 Å². The highest BCUT2D eigenvalue weighted by Gasteiger charge is 2.25. The molecule has 1 aliphatic rings. The van der Waals surface area contributed by atoms with E-state index in [9.17, 15) is 0 Å². The Hall–Kier alpha value is -0.560. The molecular weight excluding hydrogens is 172 g/mol. The Bertz CT molecular complexity index is 217. The van der Waals surface area contributed by atoms with Gasteiger partial charge in [-0.15, -0.1) is 0 Å². The molecule has 0 bridgehead atoms. The minimum Gasteiger partial charge on any atom is -0.380 e. The first-order valence-corrected chi connectivity index (χ1v) is 5.51. The van der Waals surface area contributed by atoms with Crippen molar-refractivity contribution in [3.05, 3.63) is 24.3 Å². The molecular formula is C13H22O. The van der Waals surface area contributed by atoms with E-state index in [0.29, 0.717) is 17.9 Å². The van der Waals surface area contributed by atoms with Crippen molar-refractivity contribution in [3.63, 3.8) is 0 Å². The number of ether oxygens (including phenoxy) is 1. The van der Waals surface area contributed by atoms with E-state index in [2.05, 4.69) is 32.6 Å². The summed E-state index contributed by atoms with van der Waals surface area (Å²) >= 11 is 0. The van der Waals surface area contributed by atoms with Gasteiger partial charge in [-0.25, -0.2) is 0 Å². The van der Waals surface area contributed by atoms with Gasteiger partial charge in [0.25, 0.3) is 0 Å². The number of hydrogen-bond acceptors (Lipinski definition) is 1. The lowest BCUT2D eigenvalue weighted by molar-refractivity contribution is 0.0335. The number of hydrogen-bond donors (Lipinski definition) is 0. The molecule has 0 heterocycles. The Kier molecular flexibility index (Phi) is 4.40. The lowest BCUT2D eigenvalue weighted by atomic mass is 9.82. The van der Waals surface area contributed by atoms with Crippen LogP contribution < -0.4 is 0 Å². The van der Waals surface area contributed by atoms with E-state index in [0.717, 1.165) is 0 Å². The van der Waals surface area contributed by atoms with Crippen LogP contribution in [0.4, 0.5) is 0 Å². The van der Waals surface area contributed by atoms with Crippen LogP contribution in [0.5, 0.6) is 0 Å². The van der Waals surface area contributed by atoms with Gasteiger partial charge in [-0.2, -0.15) is 0 Å². The molecule has 0 N–H and O–H groups in total. The molecule has 3 unspecified atom stereocenters. The average Bonchev–Trinajstić information content (AvgIpc) is 2.20. The van der Waals surface area contributed by atoms with Crippen molar-refractivity contribution in [1.82, 2.24) is 0 Å². The molecule has 1 heteroatoms. The fourth-order valence-corrected chi connectivity index (χ4v) is 2.14. The highest BCUT2D eigenvalue weighted by Crippen LogP contribution is 2.29. The van der Waals surface area contributed by atoms with Gasteiger partial charge in [-0.1, -0.05) is 31.2 Å². The normalized spacial score (nSPS) is 25.8. The van der Waals surface area contributed by atoms with Crippen molar-refractivity contribution in [2.24, 2.45) is 11.8 Å². The minimum atomic E-state index is 0.309. The zero-order valence-corrected chi connectivity index (χ0v) is 9.62. The van der Waals surface area contributed by atoms with Crippen molar-refractivity contribution in [1.29, 1.82) is 0 Å². The van der Waals surface area contributed by atoms with Crippen LogP contribution >= 0.6 is 0 Å². The second kappa shape index (κ2) is 5.35. The summed E-state index contributed by atoms with van der Waals surface area (Å²) in [5.41, 5.74) is 1.22. The zero-order chi connectivity index (χ0) is 10.6. The Balaban J connectivity index is 2.64. The zero-order valence-electron chi connectivity index (χ0n) is 9.62. The van der Waals surface area contributed by atoms with E-state index in [1.165, 1.54) is 24.8 Å². The molecule has 0 aromatic rings. The predicted octanol–water partition coefficient (Wildman–Crippen LogP) is 3.57. The predicted molar refractivity (Wildman–Crippen MR) is 61.3 cm³/mol. The molecule has 0 amide bonds. The van der Waals surface area contributed by atoms with Gasteiger partial charge in [0.05, 0.1) is 6.10 Å². The Morgan fingerprint density at radius 1 is 1.57 bits per heavy atom. The standard InChI is InChI=1S/C13H22O/c1-10(2)11(3)13(14-4)12-8-6-5-7-9-12/h6,8,11-13H,1,5,7,9H2,2-4H3. The van der Waals surface area contributed by atoms with E-state index < -0.39 is 0 Å². The molecule has 0 aliphatic heterocycles. The lowest BCUT2D eigenvalue weighted by Crippen LogP contribution is -2.30. The Labute approximate surface area is 87.8 Å². The molecule has 3 atom stereocenters. The van der Waals surface area contributed by atoms with E-state index >= 15 is 0 Å². The van der Waals surface area contributed by atoms with Crippen LogP contribution in [0, 0.1) is 11.8 Å². The molecule has 0 aromatic heterocycles. The fraction of sp³-hybridized carbons (Fsp3) is 0.692. The summed E-state index contributed by atoms with van der Waals surface area (Å²) in [6, 6.07) is 0. The van der Waals surface area contributed by atoms with E-state index in [-0.39, 0.29) is 0 Å². The highest BCUT2D eigenvalue weighted by molar-refractivity contribution is 5.04. The van der Waals surface area contributed by atoms with E-state index in [4.69, 9.17) is 4.74 Å². The minimum absolute atomic E-state index is 0.309. The van der Waals surface area contributed by atoms with Crippen molar-refractivity contribution in [2.75, 3.05) is 7.11 Å². The first kappa shape index (κ1) is 11.5. The van der Waals surface area contributed by atoms with Crippen LogP contribution in [0.1, 0.15) is 33.1 Å². The third-order valence-corrected chi connectivity index (χ3v) is 3.26. The van der Waals surface area contributed by atoms with Crippen LogP contribution in [0.15, 0.2) is 24.3 Å². The molecule has 0 aromatic carbocycles. The van der Waals surface area contributed by atoms with Crippen molar-refractivity contribution in [2.45, 2.75) is 39.2 Å². The first-order valence-electron chi connectivity index (χ1n) is 5.51. The maximum Gasteiger partial charge on any atom is 0.0696 e. The molecule has 1 rings (SSSR count). The molecule has 14 heavy (non-hydrogen) atoms. The van der Waals surface area contributed by atoms with Gasteiger partial charge in [0, 0.05) is 18.9 Å². The summed E-state index contributed by atoms with van der Waals surface area (Å²) in [4.78, 5) is 0. The molecule has 1 aliphatic carbocycles. The van der Waals surface area contributed by atoms with Gasteiger partial charge in [0.2, 0.25) is 0 Å². The second-order valence-electron chi connectivity index (χ2n) is 4.36. The third kappa shape index (κ3) is 2.71. The highest BCUT2D eigenvalue weighted by atomic mass is 16.5. The van der Waals surface area contributed by atoms with Crippen LogP contribution in [0.2, 0.25) is 0 Å². The maximum atomic E-state index is 5.60. The first-order chi connectivity index (χ1) is 6.66. The van der Waals surface area contributed by atoms with Crippen molar-refractivity contribution < 1.29 is 4.74 Å². The third-order valence-electron chi connectivity index (χ3n) is 3.26. The lowest BCUT2D eigenvalue weighted by Gasteiger charge is -2.30. The molecule has 1 nitrogen and oxygen atoms in total. The van der Waals surface area contributed by atoms with Crippen LogP contribution in [-0.2, 0) is 4.74 Å². The van der Waals surface area contributed by atoms with Crippen LogP contribution in [0.3, 0.4) is 0 Å². The summed E-state index contributed by atoms with van der Waals surface area (Å²) < 4.78 is 5.60. The molecule has 0 radical (unpaired) electrons. The van der Waals surface area contributed by atoms with Crippen LogP contribution in [-0.4, -0.2) is 13.2 Å². The molecule has 0 saturated carbocycles. The van der Waals surface area contributed by atoms with E-state index in [1.807, 2.05) is 7.11 Å². The number of allylic oxidation sites excluding steroid dienone is 1. The molecule has 0 spiro atoms.